The molecule has 0 aromatic heterocycles. The minimum atomic E-state index is -5.00. The second kappa shape index (κ2) is 10.9. The molecule has 0 fully saturated rings. The van der Waals surface area contributed by atoms with Crippen LogP contribution in [0, 0.1) is 0 Å². The lowest BCUT2D eigenvalue weighted by molar-refractivity contribution is -1.36. The summed E-state index contributed by atoms with van der Waals surface area (Å²) in [6.07, 6.45) is 0. The van der Waals surface area contributed by atoms with Crippen molar-refractivity contribution < 1.29 is 85.0 Å². The maximum atomic E-state index is 9.62. The highest BCUT2D eigenvalue weighted by Gasteiger charge is 2.31. The van der Waals surface area contributed by atoms with Gasteiger partial charge in [0.2, 0.25) is 0 Å². The molecule has 0 atom stereocenters. The molecule has 0 heterocycles. The summed E-state index contributed by atoms with van der Waals surface area (Å²) in [7, 11) is -2.92. The van der Waals surface area contributed by atoms with E-state index in [-0.39, 0.29) is 0 Å². The van der Waals surface area contributed by atoms with Crippen molar-refractivity contribution in [3.63, 3.8) is 0 Å². The Hall–Kier alpha value is -1.02. The van der Waals surface area contributed by atoms with Crippen molar-refractivity contribution in [2.24, 2.45) is 0 Å². The monoisotopic (exact) mass is 329 g/mol. The van der Waals surface area contributed by atoms with Crippen molar-refractivity contribution in [1.82, 2.24) is 0 Å². The molecule has 0 aromatic rings. The van der Waals surface area contributed by atoms with Gasteiger partial charge in [0, 0.05) is 0 Å². The molecule has 19 heteroatoms. The first-order valence-corrected chi connectivity index (χ1v) is 2.74. The van der Waals surface area contributed by atoms with Gasteiger partial charge in [0.05, 0.1) is 0 Å². The number of hydrogen-bond acceptors (Lipinski definition) is 3. The molecular weight excluding hydrogens is 329 g/mol. The molecule has 0 bridgehead atoms. The molecule has 0 spiro atoms. The second-order valence-corrected chi connectivity index (χ2v) is 1.44. The lowest BCUT2D eigenvalue weighted by Crippen LogP contribution is -2.56. The van der Waals surface area contributed by atoms with Crippen molar-refractivity contribution in [3.8, 4) is 0 Å². The Balaban J connectivity index is -0.0000000793. The van der Waals surface area contributed by atoms with Gasteiger partial charge in [-0.25, -0.2) is 0 Å². The van der Waals surface area contributed by atoms with Crippen LogP contribution in [0.4, 0.5) is 53.8 Å². The summed E-state index contributed by atoms with van der Waals surface area (Å²) in [5.41, 5.74) is 0. The van der Waals surface area contributed by atoms with Gasteiger partial charge in [-0.3, -0.25) is 7.32 Å². The topological polar surface area (TPSA) is 69.2 Å². The average molecular weight is 329 g/mol. The van der Waals surface area contributed by atoms with Crippen LogP contribution in [0.5, 0.6) is 0 Å². The third-order valence-corrected chi connectivity index (χ3v) is 0. The fourth-order valence-electron chi connectivity index (χ4n) is 0. The zero-order valence-electron chi connectivity index (χ0n) is 7.68. The van der Waals surface area contributed by atoms with Crippen LogP contribution in [0.3, 0.4) is 0 Å². The molecule has 0 aliphatic rings. The van der Waals surface area contributed by atoms with Crippen LogP contribution in [0.1, 0.15) is 0 Å². The summed E-state index contributed by atoms with van der Waals surface area (Å²) in [5, 5.41) is 10.2. The summed E-state index contributed by atoms with van der Waals surface area (Å²) >= 11 is 0. The lowest BCUT2D eigenvalue weighted by atomic mass is 10.3. The summed E-state index contributed by atoms with van der Waals surface area (Å²) in [4.78, 5) is 0. The average Bonchev–Trinajstić information content (AvgIpc) is 1.66. The first-order valence-electron chi connectivity index (χ1n) is 2.74. The Labute approximate surface area is 93.8 Å². The molecule has 0 saturated heterocycles. The Morgan fingerprint density at radius 3 is 0.421 bits per heavy atom. The van der Waals surface area contributed by atoms with E-state index in [4.69, 9.17) is 15.1 Å². The van der Waals surface area contributed by atoms with Gasteiger partial charge in [0.25, 0.3) is 0 Å². The molecule has 0 aliphatic heterocycles. The highest BCUT2D eigenvalue weighted by Crippen LogP contribution is 2.09. The van der Waals surface area contributed by atoms with E-state index < -0.39 is 23.4 Å². The lowest BCUT2D eigenvalue weighted by Gasteiger charge is -2.35. The second-order valence-electron chi connectivity index (χ2n) is 1.44. The molecule has 0 aromatic carbocycles. The van der Waals surface area contributed by atoms with E-state index in [1.165, 1.54) is 0 Å². The third kappa shape index (κ3) is 3700. The van der Waals surface area contributed by atoms with Gasteiger partial charge >= 0.3 is 16.1 Å². The van der Waals surface area contributed by atoms with Crippen molar-refractivity contribution >= 4 is 7.32 Å². The van der Waals surface area contributed by atoms with Crippen molar-refractivity contribution in [2.45, 2.75) is 0 Å². The van der Waals surface area contributed by atoms with Gasteiger partial charge < -0.3 is 15.1 Å². The van der Waals surface area contributed by atoms with Crippen LogP contribution in [0.25, 0.3) is 0 Å². The van der Waals surface area contributed by atoms with E-state index in [2.05, 4.69) is 0 Å². The number of rotatable bonds is 0. The number of halogens is 12. The Bertz CT molecular complexity index is 133. The summed E-state index contributed by atoms with van der Waals surface area (Å²) in [6, 6.07) is 0. The standard InChI is InChI=1S/BO3.3F4N/c2-1(3)4;3*1-5(2,3)4/q-3;3*+1. The minimum Gasteiger partial charge on any atom is -0.907 e. The summed E-state index contributed by atoms with van der Waals surface area (Å²) < 4.78 is 116. The summed E-state index contributed by atoms with van der Waals surface area (Å²) in [5.74, 6) is 0. The van der Waals surface area contributed by atoms with E-state index in [0.717, 1.165) is 0 Å². The van der Waals surface area contributed by atoms with Crippen LogP contribution >= 0.6 is 0 Å². The van der Waals surface area contributed by atoms with Crippen LogP contribution in [0.2, 0.25) is 0 Å². The third-order valence-electron chi connectivity index (χ3n) is 0. The van der Waals surface area contributed by atoms with E-state index >= 15 is 0 Å². The summed E-state index contributed by atoms with van der Waals surface area (Å²) in [6.45, 7) is 0. The molecule has 6 nitrogen and oxygen atoms in total. The molecular formula is BF12N3O3. The molecule has 0 aliphatic carbocycles. The van der Waals surface area contributed by atoms with Crippen molar-refractivity contribution in [1.29, 1.82) is 0 Å². The predicted octanol–water partition coefficient (Wildman–Crippen LogP) is 0.0758. The Morgan fingerprint density at radius 2 is 0.421 bits per heavy atom. The molecule has 0 N–H and O–H groups in total. The van der Waals surface area contributed by atoms with E-state index in [9.17, 15) is 53.8 Å². The molecule has 19 heavy (non-hydrogen) atoms. The fraction of sp³-hybridized carbons (Fsp3) is 0. The first-order chi connectivity index (χ1) is 7.73. The van der Waals surface area contributed by atoms with E-state index in [1.807, 2.05) is 0 Å². The highest BCUT2D eigenvalue weighted by molar-refractivity contribution is 6.24. The van der Waals surface area contributed by atoms with Crippen LogP contribution in [-0.2, 0) is 0 Å². The van der Waals surface area contributed by atoms with E-state index in [0.29, 0.717) is 0 Å². The fourth-order valence-corrected chi connectivity index (χ4v) is 0. The molecule has 0 radical (unpaired) electrons. The van der Waals surface area contributed by atoms with Crippen molar-refractivity contribution in [3.05, 3.63) is 0 Å². The zero-order valence-corrected chi connectivity index (χ0v) is 7.68. The maximum absolute atomic E-state index is 9.62. The maximum Gasteiger partial charge on any atom is 0.440 e. The SMILES string of the molecule is F[N+](F)(F)F.F[N+](F)(F)F.F[N+](F)(F)F.[O-]B([O-])[O-]. The van der Waals surface area contributed by atoms with Gasteiger partial charge in [-0.15, -0.1) is 0 Å². The van der Waals surface area contributed by atoms with Crippen LogP contribution in [0.15, 0.2) is 0 Å². The molecule has 0 amide bonds. The van der Waals surface area contributed by atoms with Crippen LogP contribution in [-0.4, -0.2) is 23.4 Å². The van der Waals surface area contributed by atoms with Crippen LogP contribution < -0.4 is 15.1 Å². The van der Waals surface area contributed by atoms with Gasteiger partial charge in [0.15, 0.2) is 0 Å². The molecule has 0 rings (SSSR count). The Morgan fingerprint density at radius 1 is 0.421 bits per heavy atom. The van der Waals surface area contributed by atoms with Gasteiger partial charge in [0.1, 0.15) is 53.8 Å². The molecule has 0 unspecified atom stereocenters. The zero-order chi connectivity index (χ0) is 17.1. The minimum absolute atomic E-state index is 2.92. The first kappa shape index (κ1) is 26.5. The van der Waals surface area contributed by atoms with E-state index in [1.54, 1.807) is 0 Å². The quantitative estimate of drug-likeness (QED) is 0.359. The normalized spacial score (nSPS) is 10.9. The largest absolute Gasteiger partial charge is 0.907 e. The van der Waals surface area contributed by atoms with Gasteiger partial charge in [-0.05, 0) is 0 Å². The predicted molar refractivity (Wildman–Crippen MR) is 19.8 cm³/mol. The Kier molecular flexibility index (Phi) is 15.2. The molecule has 120 valence electrons. The molecule has 0 saturated carbocycles. The highest BCUT2D eigenvalue weighted by atomic mass is 19.7. The van der Waals surface area contributed by atoms with Gasteiger partial charge in [-0.2, -0.15) is 0 Å². The number of quaternary nitrogens is 3. The number of nitrogens with zero attached hydrogens (tertiary/aromatic N) is 3. The van der Waals surface area contributed by atoms with Crippen molar-refractivity contribution in [2.75, 3.05) is 0 Å². The number of hydrogen-bond donors (Lipinski definition) is 0. The smallest absolute Gasteiger partial charge is 0.440 e. The van der Waals surface area contributed by atoms with Gasteiger partial charge in [-0.1, -0.05) is 0 Å².